The molecule has 0 spiro atoms. The van der Waals surface area contributed by atoms with Gasteiger partial charge in [-0.25, -0.2) is 4.98 Å². The summed E-state index contributed by atoms with van der Waals surface area (Å²) in [4.78, 5) is 16.9. The molecule has 1 N–H and O–H groups in total. The fourth-order valence-corrected chi connectivity index (χ4v) is 2.91. The molecule has 0 aliphatic heterocycles. The highest BCUT2D eigenvalue weighted by Crippen LogP contribution is 2.26. The van der Waals surface area contributed by atoms with E-state index < -0.39 is 0 Å². The highest BCUT2D eigenvalue weighted by molar-refractivity contribution is 5.92. The summed E-state index contributed by atoms with van der Waals surface area (Å²) in [5.74, 6) is 0.862. The number of ether oxygens (including phenoxy) is 2. The zero-order valence-corrected chi connectivity index (χ0v) is 15.3. The second-order valence-corrected chi connectivity index (χ2v) is 6.16. The first-order valence-electron chi connectivity index (χ1n) is 8.83. The summed E-state index contributed by atoms with van der Waals surface area (Å²) in [6.07, 6.45) is 3.91. The van der Waals surface area contributed by atoms with Crippen LogP contribution in [0.5, 0.6) is 11.5 Å². The quantitative estimate of drug-likeness (QED) is 0.554. The number of methoxy groups -OCH3 is 1. The number of fused-ring (bicyclic) bond motifs is 1. The molecular weight excluding hydrogens is 354 g/mol. The van der Waals surface area contributed by atoms with Crippen molar-refractivity contribution in [1.29, 1.82) is 0 Å². The van der Waals surface area contributed by atoms with Crippen molar-refractivity contribution < 1.29 is 14.3 Å². The monoisotopic (exact) mass is 373 g/mol. The molecule has 2 heterocycles. The fraction of sp³-hybridized carbons (Fsp3) is 0.0909. The first kappa shape index (κ1) is 17.6. The van der Waals surface area contributed by atoms with Crippen molar-refractivity contribution in [3.63, 3.8) is 0 Å². The first-order valence-corrected chi connectivity index (χ1v) is 8.83. The van der Waals surface area contributed by atoms with Crippen molar-refractivity contribution in [3.8, 4) is 22.8 Å². The van der Waals surface area contributed by atoms with Crippen LogP contribution in [0.4, 0.5) is 5.69 Å². The van der Waals surface area contributed by atoms with E-state index in [9.17, 15) is 4.79 Å². The number of carbonyl (C=O) groups excluding carboxylic acids is 1. The highest BCUT2D eigenvalue weighted by Gasteiger charge is 2.09. The van der Waals surface area contributed by atoms with Crippen molar-refractivity contribution in [1.82, 2.24) is 9.38 Å². The van der Waals surface area contributed by atoms with Crippen LogP contribution in [0.2, 0.25) is 0 Å². The summed E-state index contributed by atoms with van der Waals surface area (Å²) in [5, 5.41) is 2.85. The predicted molar refractivity (Wildman–Crippen MR) is 108 cm³/mol. The average Bonchev–Trinajstić information content (AvgIpc) is 3.17. The first-order chi connectivity index (χ1) is 13.7. The van der Waals surface area contributed by atoms with E-state index in [-0.39, 0.29) is 12.5 Å². The SMILES string of the molecule is COc1ccccc1OCC(=O)Nc1cccc(-c2cn3ccccc3n2)c1. The summed E-state index contributed by atoms with van der Waals surface area (Å²) >= 11 is 0. The van der Waals surface area contributed by atoms with E-state index in [0.717, 1.165) is 16.9 Å². The maximum Gasteiger partial charge on any atom is 0.262 e. The molecule has 0 fully saturated rings. The Morgan fingerprint density at radius 1 is 1.04 bits per heavy atom. The summed E-state index contributed by atoms with van der Waals surface area (Å²) < 4.78 is 12.7. The molecule has 28 heavy (non-hydrogen) atoms. The molecule has 0 saturated heterocycles. The van der Waals surface area contributed by atoms with Crippen LogP contribution in [0.25, 0.3) is 16.9 Å². The molecule has 4 aromatic rings. The van der Waals surface area contributed by atoms with Gasteiger partial charge >= 0.3 is 0 Å². The van der Waals surface area contributed by atoms with E-state index in [0.29, 0.717) is 17.2 Å². The second-order valence-electron chi connectivity index (χ2n) is 6.16. The Morgan fingerprint density at radius 3 is 2.68 bits per heavy atom. The van der Waals surface area contributed by atoms with Crippen LogP contribution in [0.1, 0.15) is 0 Å². The van der Waals surface area contributed by atoms with Gasteiger partial charge in [0.2, 0.25) is 0 Å². The molecule has 0 aliphatic rings. The number of benzene rings is 2. The molecular formula is C22H19N3O3. The Kier molecular flexibility index (Phi) is 4.93. The van der Waals surface area contributed by atoms with E-state index in [1.165, 1.54) is 0 Å². The smallest absolute Gasteiger partial charge is 0.262 e. The fourth-order valence-electron chi connectivity index (χ4n) is 2.91. The summed E-state index contributed by atoms with van der Waals surface area (Å²) in [5.41, 5.74) is 3.32. The number of para-hydroxylation sites is 2. The van der Waals surface area contributed by atoms with Gasteiger partial charge in [-0.2, -0.15) is 0 Å². The van der Waals surface area contributed by atoms with Crippen molar-refractivity contribution in [2.45, 2.75) is 0 Å². The topological polar surface area (TPSA) is 64.9 Å². The van der Waals surface area contributed by atoms with Gasteiger partial charge in [-0.3, -0.25) is 4.79 Å². The lowest BCUT2D eigenvalue weighted by Gasteiger charge is -2.11. The van der Waals surface area contributed by atoms with Crippen molar-refractivity contribution in [3.05, 3.63) is 79.1 Å². The number of anilines is 1. The van der Waals surface area contributed by atoms with Gasteiger partial charge in [0, 0.05) is 23.6 Å². The number of hydrogen-bond donors (Lipinski definition) is 1. The zero-order chi connectivity index (χ0) is 19.3. The van der Waals surface area contributed by atoms with Crippen molar-refractivity contribution >= 4 is 17.2 Å². The van der Waals surface area contributed by atoms with Gasteiger partial charge in [0.1, 0.15) is 5.65 Å². The minimum atomic E-state index is -0.252. The third-order valence-electron chi connectivity index (χ3n) is 4.23. The Bertz CT molecular complexity index is 1090. The lowest BCUT2D eigenvalue weighted by molar-refractivity contribution is -0.118. The van der Waals surface area contributed by atoms with Crippen LogP contribution in [0.3, 0.4) is 0 Å². The third kappa shape index (κ3) is 3.81. The number of rotatable bonds is 6. The summed E-state index contributed by atoms with van der Waals surface area (Å²) in [7, 11) is 1.56. The molecule has 2 aromatic carbocycles. The van der Waals surface area contributed by atoms with Gasteiger partial charge in [-0.15, -0.1) is 0 Å². The number of nitrogens with one attached hydrogen (secondary N) is 1. The van der Waals surface area contributed by atoms with E-state index in [1.54, 1.807) is 19.2 Å². The Hall–Kier alpha value is -3.80. The molecule has 2 aromatic heterocycles. The number of aromatic nitrogens is 2. The number of pyridine rings is 1. The molecule has 0 atom stereocenters. The highest BCUT2D eigenvalue weighted by atomic mass is 16.5. The van der Waals surface area contributed by atoms with Crippen molar-refractivity contribution in [2.24, 2.45) is 0 Å². The van der Waals surface area contributed by atoms with E-state index in [1.807, 2.05) is 71.4 Å². The molecule has 140 valence electrons. The van der Waals surface area contributed by atoms with Crippen LogP contribution in [0.15, 0.2) is 79.1 Å². The summed E-state index contributed by atoms with van der Waals surface area (Å²) in [6.45, 7) is -0.112. The van der Waals surface area contributed by atoms with Gasteiger partial charge < -0.3 is 19.2 Å². The predicted octanol–water partition coefficient (Wildman–Crippen LogP) is 4.03. The lowest BCUT2D eigenvalue weighted by Crippen LogP contribution is -2.20. The molecule has 0 aliphatic carbocycles. The van der Waals surface area contributed by atoms with E-state index >= 15 is 0 Å². The average molecular weight is 373 g/mol. The van der Waals surface area contributed by atoms with Gasteiger partial charge in [-0.1, -0.05) is 30.3 Å². The van der Waals surface area contributed by atoms with Crippen molar-refractivity contribution in [2.75, 3.05) is 19.0 Å². The summed E-state index contributed by atoms with van der Waals surface area (Å²) in [6, 6.07) is 20.6. The van der Waals surface area contributed by atoms with Crippen LogP contribution in [-0.4, -0.2) is 29.0 Å². The normalized spacial score (nSPS) is 10.6. The van der Waals surface area contributed by atoms with Gasteiger partial charge in [0.25, 0.3) is 5.91 Å². The molecule has 0 saturated carbocycles. The number of nitrogens with zero attached hydrogens (tertiary/aromatic N) is 2. The lowest BCUT2D eigenvalue weighted by atomic mass is 10.1. The molecule has 0 unspecified atom stereocenters. The number of hydrogen-bond acceptors (Lipinski definition) is 4. The standard InChI is InChI=1S/C22H19N3O3/c1-27-19-9-2-3-10-20(19)28-15-22(26)23-17-8-6-7-16(13-17)18-14-25-12-5-4-11-21(25)24-18/h2-14H,15H2,1H3,(H,23,26). The molecule has 0 bridgehead atoms. The van der Waals surface area contributed by atoms with E-state index in [4.69, 9.17) is 9.47 Å². The van der Waals surface area contributed by atoms with Crippen LogP contribution >= 0.6 is 0 Å². The maximum atomic E-state index is 12.3. The van der Waals surface area contributed by atoms with Crippen LogP contribution in [-0.2, 0) is 4.79 Å². The Labute approximate surface area is 162 Å². The molecule has 1 amide bonds. The van der Waals surface area contributed by atoms with Gasteiger partial charge in [-0.05, 0) is 36.4 Å². The Balaban J connectivity index is 1.45. The molecule has 0 radical (unpaired) electrons. The zero-order valence-electron chi connectivity index (χ0n) is 15.3. The van der Waals surface area contributed by atoms with E-state index in [2.05, 4.69) is 10.3 Å². The number of imidazole rings is 1. The molecule has 4 rings (SSSR count). The van der Waals surface area contributed by atoms with Gasteiger partial charge in [0.15, 0.2) is 18.1 Å². The Morgan fingerprint density at radius 2 is 1.86 bits per heavy atom. The van der Waals surface area contributed by atoms with Crippen LogP contribution in [0, 0.1) is 0 Å². The van der Waals surface area contributed by atoms with Crippen LogP contribution < -0.4 is 14.8 Å². The minimum absolute atomic E-state index is 0.112. The molecule has 6 nitrogen and oxygen atoms in total. The largest absolute Gasteiger partial charge is 0.493 e. The number of carbonyl (C=O) groups is 1. The third-order valence-corrected chi connectivity index (χ3v) is 4.23. The minimum Gasteiger partial charge on any atom is -0.493 e. The van der Waals surface area contributed by atoms with Gasteiger partial charge in [0.05, 0.1) is 12.8 Å². The second kappa shape index (κ2) is 7.84. The number of amides is 1. The maximum absolute atomic E-state index is 12.3. The molecule has 6 heteroatoms.